The Balaban J connectivity index is 3.17. The highest BCUT2D eigenvalue weighted by Gasteiger charge is 2.11. The van der Waals surface area contributed by atoms with E-state index in [-0.39, 0.29) is 5.82 Å². The van der Waals surface area contributed by atoms with Crippen LogP contribution in [0.5, 0.6) is 5.75 Å². The lowest BCUT2D eigenvalue weighted by Crippen LogP contribution is -1.94. The van der Waals surface area contributed by atoms with Crippen LogP contribution in [0, 0.1) is 5.82 Å². The number of hydrogen-bond donors (Lipinski definition) is 1. The van der Waals surface area contributed by atoms with Crippen molar-refractivity contribution >= 4 is 17.8 Å². The molecule has 15 heavy (non-hydrogen) atoms. The minimum atomic E-state index is -0.258. The summed E-state index contributed by atoms with van der Waals surface area (Å²) in [7, 11) is 1.53. The third kappa shape index (κ3) is 2.73. The van der Waals surface area contributed by atoms with E-state index < -0.39 is 0 Å². The minimum Gasteiger partial charge on any atom is -0.495 e. The van der Waals surface area contributed by atoms with Crippen LogP contribution in [0.2, 0.25) is 0 Å². The summed E-state index contributed by atoms with van der Waals surface area (Å²) in [6.07, 6.45) is 5.21. The zero-order valence-corrected chi connectivity index (χ0v) is 9.60. The van der Waals surface area contributed by atoms with Crippen molar-refractivity contribution in [2.24, 2.45) is 5.73 Å². The molecule has 0 aliphatic rings. The molecule has 0 bridgehead atoms. The molecule has 0 aliphatic carbocycles. The fourth-order valence-electron chi connectivity index (χ4n) is 1.23. The largest absolute Gasteiger partial charge is 0.495 e. The van der Waals surface area contributed by atoms with Gasteiger partial charge in [0.25, 0.3) is 0 Å². The van der Waals surface area contributed by atoms with Gasteiger partial charge in [0, 0.05) is 12.1 Å². The summed E-state index contributed by atoms with van der Waals surface area (Å²) in [6, 6.07) is 3.44. The third-order valence-corrected chi connectivity index (χ3v) is 2.74. The summed E-state index contributed by atoms with van der Waals surface area (Å²) in [4.78, 5) is 0.525. The molecule has 0 fully saturated rings. The van der Waals surface area contributed by atoms with Crippen molar-refractivity contribution in [3.05, 3.63) is 29.6 Å². The van der Waals surface area contributed by atoms with Gasteiger partial charge in [0.2, 0.25) is 0 Å². The monoisotopic (exact) mass is 227 g/mol. The molecule has 2 N–H and O–H groups in total. The fourth-order valence-corrected chi connectivity index (χ4v) is 1.88. The van der Waals surface area contributed by atoms with Crippen LogP contribution in [-0.2, 0) is 0 Å². The number of halogens is 1. The quantitative estimate of drug-likeness (QED) is 0.803. The predicted octanol–water partition coefficient (Wildman–Crippen LogP) is 2.53. The molecule has 0 spiro atoms. The second-order valence-electron chi connectivity index (χ2n) is 2.84. The van der Waals surface area contributed by atoms with E-state index in [4.69, 9.17) is 10.5 Å². The Morgan fingerprint density at radius 1 is 1.53 bits per heavy atom. The molecular weight excluding hydrogens is 213 g/mol. The first-order chi connectivity index (χ1) is 7.24. The molecule has 1 rings (SSSR count). The molecule has 0 saturated carbocycles. The third-order valence-electron chi connectivity index (χ3n) is 1.95. The molecule has 2 nitrogen and oxygen atoms in total. The molecular formula is C11H14FNOS. The van der Waals surface area contributed by atoms with E-state index in [1.54, 1.807) is 24.3 Å². The molecule has 0 saturated heterocycles. The van der Waals surface area contributed by atoms with Crippen LogP contribution >= 0.6 is 11.8 Å². The molecule has 1 aromatic rings. The van der Waals surface area contributed by atoms with Crippen LogP contribution < -0.4 is 10.5 Å². The van der Waals surface area contributed by atoms with Gasteiger partial charge in [0.15, 0.2) is 0 Å². The standard InChI is InChI=1S/C11H14FNOS/c1-14-9-6-5-8(4-3-7-13)10(12)11(9)15-2/h3-6H,7,13H2,1-2H3/b4-3+. The molecule has 0 aromatic heterocycles. The van der Waals surface area contributed by atoms with Gasteiger partial charge in [-0.25, -0.2) is 4.39 Å². The first-order valence-corrected chi connectivity index (χ1v) is 5.74. The van der Waals surface area contributed by atoms with Crippen molar-refractivity contribution in [3.8, 4) is 5.75 Å². The summed E-state index contributed by atoms with van der Waals surface area (Å²) in [5.74, 6) is 0.302. The highest BCUT2D eigenvalue weighted by molar-refractivity contribution is 7.98. The molecule has 0 unspecified atom stereocenters. The van der Waals surface area contributed by atoms with Gasteiger partial charge in [-0.15, -0.1) is 11.8 Å². The van der Waals surface area contributed by atoms with E-state index in [1.165, 1.54) is 18.9 Å². The van der Waals surface area contributed by atoms with Crippen molar-refractivity contribution in [1.82, 2.24) is 0 Å². The van der Waals surface area contributed by atoms with Gasteiger partial charge < -0.3 is 10.5 Å². The Labute approximate surface area is 93.3 Å². The molecule has 0 heterocycles. The zero-order valence-electron chi connectivity index (χ0n) is 8.79. The second-order valence-corrected chi connectivity index (χ2v) is 3.66. The lowest BCUT2D eigenvalue weighted by molar-refractivity contribution is 0.397. The van der Waals surface area contributed by atoms with Gasteiger partial charge in [0.05, 0.1) is 12.0 Å². The van der Waals surface area contributed by atoms with Crippen LogP contribution in [0.4, 0.5) is 4.39 Å². The minimum absolute atomic E-state index is 0.258. The molecule has 82 valence electrons. The molecule has 0 atom stereocenters. The van der Waals surface area contributed by atoms with E-state index in [0.717, 1.165) is 0 Å². The SMILES string of the molecule is COc1ccc(/C=C/CN)c(F)c1SC. The fraction of sp³-hybridized carbons (Fsp3) is 0.273. The van der Waals surface area contributed by atoms with E-state index in [0.29, 0.717) is 22.8 Å². The van der Waals surface area contributed by atoms with E-state index in [1.807, 2.05) is 6.26 Å². The van der Waals surface area contributed by atoms with Crippen LogP contribution in [0.25, 0.3) is 6.08 Å². The summed E-state index contributed by atoms with van der Waals surface area (Å²) in [6.45, 7) is 0.403. The van der Waals surface area contributed by atoms with E-state index in [9.17, 15) is 4.39 Å². The first kappa shape index (κ1) is 12.1. The summed E-state index contributed by atoms with van der Waals surface area (Å²) in [5.41, 5.74) is 5.85. The number of methoxy groups -OCH3 is 1. The van der Waals surface area contributed by atoms with Crippen LogP contribution in [0.3, 0.4) is 0 Å². The van der Waals surface area contributed by atoms with E-state index in [2.05, 4.69) is 0 Å². The number of ether oxygens (including phenoxy) is 1. The number of nitrogens with two attached hydrogens (primary N) is 1. The van der Waals surface area contributed by atoms with Crippen molar-refractivity contribution < 1.29 is 9.13 Å². The predicted molar refractivity (Wildman–Crippen MR) is 62.8 cm³/mol. The lowest BCUT2D eigenvalue weighted by atomic mass is 10.2. The van der Waals surface area contributed by atoms with Crippen molar-refractivity contribution in [3.63, 3.8) is 0 Å². The van der Waals surface area contributed by atoms with Crippen LogP contribution in [-0.4, -0.2) is 19.9 Å². The maximum atomic E-state index is 13.9. The first-order valence-electron chi connectivity index (χ1n) is 4.51. The van der Waals surface area contributed by atoms with Crippen LogP contribution in [0.15, 0.2) is 23.1 Å². The highest BCUT2D eigenvalue weighted by atomic mass is 32.2. The Bertz CT molecular complexity index is 366. The van der Waals surface area contributed by atoms with Gasteiger partial charge in [0.1, 0.15) is 11.6 Å². The Kier molecular flexibility index (Phi) is 4.65. The Morgan fingerprint density at radius 3 is 2.80 bits per heavy atom. The summed E-state index contributed by atoms with van der Waals surface area (Å²) in [5, 5.41) is 0. The number of rotatable bonds is 4. The maximum Gasteiger partial charge on any atom is 0.147 e. The van der Waals surface area contributed by atoms with E-state index >= 15 is 0 Å². The van der Waals surface area contributed by atoms with Crippen LogP contribution in [0.1, 0.15) is 5.56 Å². The average Bonchev–Trinajstić information content (AvgIpc) is 2.27. The average molecular weight is 227 g/mol. The number of hydrogen-bond acceptors (Lipinski definition) is 3. The van der Waals surface area contributed by atoms with Gasteiger partial charge in [-0.2, -0.15) is 0 Å². The number of thioether (sulfide) groups is 1. The molecule has 1 aromatic carbocycles. The molecule has 4 heteroatoms. The normalized spacial score (nSPS) is 10.9. The Morgan fingerprint density at radius 2 is 2.27 bits per heavy atom. The Hall–Kier alpha value is -1.00. The zero-order chi connectivity index (χ0) is 11.3. The van der Waals surface area contributed by atoms with Crippen molar-refractivity contribution in [2.75, 3.05) is 19.9 Å². The maximum absolute atomic E-state index is 13.9. The smallest absolute Gasteiger partial charge is 0.147 e. The molecule has 0 aliphatic heterocycles. The summed E-state index contributed by atoms with van der Waals surface area (Å²) >= 11 is 1.33. The number of benzene rings is 1. The van der Waals surface area contributed by atoms with Crippen molar-refractivity contribution in [2.45, 2.75) is 4.90 Å². The molecule has 0 radical (unpaired) electrons. The second kappa shape index (κ2) is 5.78. The summed E-state index contributed by atoms with van der Waals surface area (Å²) < 4.78 is 18.9. The van der Waals surface area contributed by atoms with Crippen molar-refractivity contribution in [1.29, 1.82) is 0 Å². The topological polar surface area (TPSA) is 35.2 Å². The highest BCUT2D eigenvalue weighted by Crippen LogP contribution is 2.32. The molecule has 0 amide bonds. The van der Waals surface area contributed by atoms with Gasteiger partial charge in [-0.3, -0.25) is 0 Å². The van der Waals surface area contributed by atoms with Gasteiger partial charge in [-0.05, 0) is 18.4 Å². The van der Waals surface area contributed by atoms with Gasteiger partial charge >= 0.3 is 0 Å². The lowest BCUT2D eigenvalue weighted by Gasteiger charge is -2.08. The van der Waals surface area contributed by atoms with Gasteiger partial charge in [-0.1, -0.05) is 12.2 Å².